The Kier molecular flexibility index (Phi) is 5.39. The van der Waals surface area contributed by atoms with Crippen LogP contribution in [-0.4, -0.2) is 45.0 Å². The van der Waals surface area contributed by atoms with E-state index in [4.69, 9.17) is 0 Å². The van der Waals surface area contributed by atoms with Crippen molar-refractivity contribution in [3.05, 3.63) is 0 Å². The van der Waals surface area contributed by atoms with Crippen molar-refractivity contribution >= 4 is 15.7 Å². The largest absolute Gasteiger partial charge is 0.355 e. The second-order valence-electron chi connectivity index (χ2n) is 4.75. The first-order valence-corrected chi connectivity index (χ1v) is 8.01. The predicted octanol–water partition coefficient (Wildman–Crippen LogP) is 0.0679. The molecule has 2 atom stereocenters. The zero-order chi connectivity index (χ0) is 12.9. The van der Waals surface area contributed by atoms with Crippen molar-refractivity contribution < 1.29 is 13.2 Å². The molecule has 5 nitrogen and oxygen atoms in total. The van der Waals surface area contributed by atoms with Crippen molar-refractivity contribution in [1.29, 1.82) is 0 Å². The third-order valence-corrected chi connectivity index (χ3v) is 4.80. The van der Waals surface area contributed by atoms with E-state index in [0.29, 0.717) is 19.5 Å². The maximum absolute atomic E-state index is 11.5. The van der Waals surface area contributed by atoms with E-state index in [0.717, 1.165) is 19.3 Å². The van der Waals surface area contributed by atoms with Crippen LogP contribution in [0.3, 0.4) is 0 Å². The van der Waals surface area contributed by atoms with Crippen LogP contribution in [0, 0.1) is 0 Å². The molecule has 17 heavy (non-hydrogen) atoms. The van der Waals surface area contributed by atoms with Gasteiger partial charge in [-0.15, -0.1) is 0 Å². The number of carbonyl (C=O) groups is 1. The Morgan fingerprint density at radius 2 is 2.00 bits per heavy atom. The van der Waals surface area contributed by atoms with Gasteiger partial charge in [0.2, 0.25) is 5.91 Å². The number of amides is 1. The highest BCUT2D eigenvalue weighted by molar-refractivity contribution is 7.91. The van der Waals surface area contributed by atoms with Crippen LogP contribution >= 0.6 is 0 Å². The molecule has 2 unspecified atom stereocenters. The minimum Gasteiger partial charge on any atom is -0.355 e. The molecule has 1 saturated carbocycles. The molecule has 100 valence electrons. The fraction of sp³-hybridized carbons (Fsp3) is 0.909. The molecule has 1 rings (SSSR count). The van der Waals surface area contributed by atoms with Gasteiger partial charge in [-0.2, -0.15) is 0 Å². The van der Waals surface area contributed by atoms with E-state index < -0.39 is 9.84 Å². The van der Waals surface area contributed by atoms with Crippen LogP contribution in [0.4, 0.5) is 0 Å². The lowest BCUT2D eigenvalue weighted by Crippen LogP contribution is -2.41. The minimum absolute atomic E-state index is 0.0375. The van der Waals surface area contributed by atoms with Crippen molar-refractivity contribution in [2.75, 3.05) is 19.3 Å². The highest BCUT2D eigenvalue weighted by Crippen LogP contribution is 2.23. The summed E-state index contributed by atoms with van der Waals surface area (Å²) in [7, 11) is -2.91. The van der Waals surface area contributed by atoms with E-state index in [1.165, 1.54) is 13.2 Å². The van der Waals surface area contributed by atoms with Crippen LogP contribution in [0.2, 0.25) is 0 Å². The summed E-state index contributed by atoms with van der Waals surface area (Å²) in [6, 6.07) is 0.261. The van der Waals surface area contributed by atoms with Crippen LogP contribution < -0.4 is 10.6 Å². The van der Waals surface area contributed by atoms with Gasteiger partial charge in [0.1, 0.15) is 9.84 Å². The lowest BCUT2D eigenvalue weighted by molar-refractivity contribution is -0.118. The summed E-state index contributed by atoms with van der Waals surface area (Å²) in [5, 5.41) is 5.81. The number of rotatable bonds is 5. The van der Waals surface area contributed by atoms with E-state index in [1.807, 2.05) is 0 Å². The molecular weight excluding hydrogens is 240 g/mol. The Balaban J connectivity index is 2.28. The summed E-state index contributed by atoms with van der Waals surface area (Å²) in [6.07, 6.45) is 4.76. The molecule has 1 aliphatic rings. The zero-order valence-corrected chi connectivity index (χ0v) is 11.3. The van der Waals surface area contributed by atoms with Crippen LogP contribution in [0.25, 0.3) is 0 Å². The van der Waals surface area contributed by atoms with Crippen LogP contribution in [0.1, 0.15) is 32.6 Å². The molecule has 1 fully saturated rings. The molecule has 0 heterocycles. The lowest BCUT2D eigenvalue weighted by Gasteiger charge is -2.28. The number of nitrogens with one attached hydrogen (secondary N) is 2. The highest BCUT2D eigenvalue weighted by atomic mass is 32.2. The van der Waals surface area contributed by atoms with E-state index >= 15 is 0 Å². The summed E-state index contributed by atoms with van der Waals surface area (Å²) >= 11 is 0. The molecule has 0 spiro atoms. The zero-order valence-electron chi connectivity index (χ0n) is 10.5. The molecule has 0 saturated heterocycles. The molecule has 0 radical (unpaired) electrons. The Bertz CT molecular complexity index is 354. The quantitative estimate of drug-likeness (QED) is 0.687. The Morgan fingerprint density at radius 3 is 2.59 bits per heavy atom. The van der Waals surface area contributed by atoms with Gasteiger partial charge in [-0.25, -0.2) is 8.42 Å². The van der Waals surface area contributed by atoms with Gasteiger partial charge in [0, 0.05) is 32.3 Å². The van der Waals surface area contributed by atoms with Gasteiger partial charge in [0.05, 0.1) is 5.25 Å². The summed E-state index contributed by atoms with van der Waals surface area (Å²) in [4.78, 5) is 10.7. The van der Waals surface area contributed by atoms with E-state index in [1.54, 1.807) is 0 Å². The standard InChI is InChI=1S/C11H22N2O3S/c1-9(14)12-6-7-13-10-4-3-5-11(8-10)17(2,15)16/h10-11,13H,3-8H2,1-2H3,(H,12,14). The Hall–Kier alpha value is -0.620. The Morgan fingerprint density at radius 1 is 1.29 bits per heavy atom. The van der Waals surface area contributed by atoms with Gasteiger partial charge in [-0.1, -0.05) is 6.42 Å². The molecule has 1 amide bonds. The first kappa shape index (κ1) is 14.4. The summed E-state index contributed by atoms with van der Waals surface area (Å²) in [5.74, 6) is -0.0375. The van der Waals surface area contributed by atoms with E-state index in [9.17, 15) is 13.2 Å². The van der Waals surface area contributed by atoms with Crippen molar-refractivity contribution in [3.8, 4) is 0 Å². The van der Waals surface area contributed by atoms with Gasteiger partial charge >= 0.3 is 0 Å². The molecule has 0 aromatic rings. The monoisotopic (exact) mass is 262 g/mol. The highest BCUT2D eigenvalue weighted by Gasteiger charge is 2.28. The number of sulfone groups is 1. The van der Waals surface area contributed by atoms with Crippen molar-refractivity contribution in [3.63, 3.8) is 0 Å². The molecular formula is C11H22N2O3S. The molecule has 0 bridgehead atoms. The Labute approximate surface area is 103 Å². The summed E-state index contributed by atoms with van der Waals surface area (Å²) in [5.41, 5.74) is 0. The second-order valence-corrected chi connectivity index (χ2v) is 7.08. The fourth-order valence-electron chi connectivity index (χ4n) is 2.23. The average molecular weight is 262 g/mol. The van der Waals surface area contributed by atoms with Gasteiger partial charge in [0.15, 0.2) is 0 Å². The SMILES string of the molecule is CC(=O)NCCNC1CCCC(S(C)(=O)=O)C1. The molecule has 1 aliphatic carbocycles. The second kappa shape index (κ2) is 6.35. The van der Waals surface area contributed by atoms with Crippen molar-refractivity contribution in [1.82, 2.24) is 10.6 Å². The molecule has 0 aromatic carbocycles. The first-order chi connectivity index (χ1) is 7.89. The predicted molar refractivity (Wildman–Crippen MR) is 67.6 cm³/mol. The average Bonchev–Trinajstić information content (AvgIpc) is 2.23. The van der Waals surface area contributed by atoms with Crippen molar-refractivity contribution in [2.45, 2.75) is 43.9 Å². The van der Waals surface area contributed by atoms with E-state index in [-0.39, 0.29) is 17.2 Å². The maximum atomic E-state index is 11.5. The third-order valence-electron chi connectivity index (χ3n) is 3.16. The number of hydrogen-bond donors (Lipinski definition) is 2. The smallest absolute Gasteiger partial charge is 0.216 e. The van der Waals surface area contributed by atoms with Crippen LogP contribution in [-0.2, 0) is 14.6 Å². The minimum atomic E-state index is -2.91. The first-order valence-electron chi connectivity index (χ1n) is 6.06. The van der Waals surface area contributed by atoms with Gasteiger partial charge < -0.3 is 10.6 Å². The summed E-state index contributed by atoms with van der Waals surface area (Å²) in [6.45, 7) is 2.77. The summed E-state index contributed by atoms with van der Waals surface area (Å²) < 4.78 is 22.9. The van der Waals surface area contributed by atoms with Crippen molar-refractivity contribution in [2.24, 2.45) is 0 Å². The molecule has 0 aliphatic heterocycles. The fourth-order valence-corrected chi connectivity index (χ4v) is 3.41. The van der Waals surface area contributed by atoms with Gasteiger partial charge in [0.25, 0.3) is 0 Å². The van der Waals surface area contributed by atoms with Gasteiger partial charge in [-0.3, -0.25) is 4.79 Å². The van der Waals surface area contributed by atoms with Gasteiger partial charge in [-0.05, 0) is 19.3 Å². The molecule has 6 heteroatoms. The van der Waals surface area contributed by atoms with Crippen LogP contribution in [0.15, 0.2) is 0 Å². The van der Waals surface area contributed by atoms with Crippen LogP contribution in [0.5, 0.6) is 0 Å². The number of hydrogen-bond acceptors (Lipinski definition) is 4. The van der Waals surface area contributed by atoms with E-state index in [2.05, 4.69) is 10.6 Å². The normalized spacial score (nSPS) is 25.5. The molecule has 2 N–H and O–H groups in total. The topological polar surface area (TPSA) is 75.3 Å². The third kappa shape index (κ3) is 5.50. The lowest BCUT2D eigenvalue weighted by atomic mass is 9.95. The number of carbonyl (C=O) groups excluding carboxylic acids is 1. The maximum Gasteiger partial charge on any atom is 0.216 e. The molecule has 0 aromatic heterocycles.